The molecule has 0 aromatic carbocycles. The van der Waals surface area contributed by atoms with Gasteiger partial charge >= 0.3 is 0 Å². The van der Waals surface area contributed by atoms with E-state index in [4.69, 9.17) is 11.6 Å². The number of aromatic nitrogens is 1. The highest BCUT2D eigenvalue weighted by molar-refractivity contribution is 6.30. The Labute approximate surface area is 115 Å². The van der Waals surface area contributed by atoms with Crippen LogP contribution in [0.4, 0.5) is 0 Å². The molecule has 0 bridgehead atoms. The predicted molar refractivity (Wildman–Crippen MR) is 75.9 cm³/mol. The van der Waals surface area contributed by atoms with Crippen molar-refractivity contribution in [1.82, 2.24) is 14.8 Å². The third-order valence-corrected chi connectivity index (χ3v) is 4.22. The summed E-state index contributed by atoms with van der Waals surface area (Å²) in [5, 5.41) is 0.635. The third-order valence-electron chi connectivity index (χ3n) is 3.88. The van der Waals surface area contributed by atoms with Gasteiger partial charge in [-0.1, -0.05) is 24.6 Å². The van der Waals surface area contributed by atoms with E-state index in [2.05, 4.69) is 34.8 Å². The fourth-order valence-electron chi connectivity index (χ4n) is 2.61. The lowest BCUT2D eigenvalue weighted by Crippen LogP contribution is -2.42. The van der Waals surface area contributed by atoms with Gasteiger partial charge in [0.2, 0.25) is 0 Å². The van der Waals surface area contributed by atoms with Crippen molar-refractivity contribution >= 4 is 11.6 Å². The number of rotatable bonds is 4. The molecule has 0 N–H and O–H groups in total. The molecule has 1 fully saturated rings. The van der Waals surface area contributed by atoms with Crippen molar-refractivity contribution in [2.75, 3.05) is 26.7 Å². The first-order valence-electron chi connectivity index (χ1n) is 6.72. The van der Waals surface area contributed by atoms with Crippen molar-refractivity contribution in [1.29, 1.82) is 0 Å². The van der Waals surface area contributed by atoms with Crippen molar-refractivity contribution in [3.05, 3.63) is 29.0 Å². The molecular weight excluding hydrogens is 246 g/mol. The molecule has 100 valence electrons. The largest absolute Gasteiger partial charge is 0.303 e. The smallest absolute Gasteiger partial charge is 0.133 e. The van der Waals surface area contributed by atoms with Gasteiger partial charge in [0.1, 0.15) is 5.15 Å². The molecule has 3 nitrogen and oxygen atoms in total. The molecule has 18 heavy (non-hydrogen) atoms. The van der Waals surface area contributed by atoms with E-state index in [1.54, 1.807) is 6.20 Å². The third kappa shape index (κ3) is 3.44. The number of pyridine rings is 1. The van der Waals surface area contributed by atoms with Crippen LogP contribution in [-0.2, 0) is 6.54 Å². The zero-order chi connectivity index (χ0) is 13.0. The Balaban J connectivity index is 1.89. The second-order valence-electron chi connectivity index (χ2n) is 5.03. The summed E-state index contributed by atoms with van der Waals surface area (Å²) >= 11 is 6.11. The fraction of sp³-hybridized carbons (Fsp3) is 0.643. The zero-order valence-corrected chi connectivity index (χ0v) is 12.0. The predicted octanol–water partition coefficient (Wildman–Crippen LogP) is 2.65. The van der Waals surface area contributed by atoms with Crippen molar-refractivity contribution in [3.8, 4) is 0 Å². The lowest BCUT2D eigenvalue weighted by molar-refractivity contribution is 0.127. The van der Waals surface area contributed by atoms with E-state index in [0.29, 0.717) is 11.2 Å². The van der Waals surface area contributed by atoms with Gasteiger partial charge in [0.25, 0.3) is 0 Å². The molecule has 0 unspecified atom stereocenters. The minimum absolute atomic E-state index is 0.635. The van der Waals surface area contributed by atoms with Crippen molar-refractivity contribution in [2.45, 2.75) is 32.4 Å². The summed E-state index contributed by atoms with van der Waals surface area (Å²) in [4.78, 5) is 9.06. The molecular formula is C14H22ClN3. The molecule has 1 saturated heterocycles. The van der Waals surface area contributed by atoms with E-state index in [0.717, 1.165) is 12.1 Å². The van der Waals surface area contributed by atoms with E-state index in [9.17, 15) is 0 Å². The summed E-state index contributed by atoms with van der Waals surface area (Å²) in [7, 11) is 2.19. The minimum Gasteiger partial charge on any atom is -0.303 e. The van der Waals surface area contributed by atoms with Gasteiger partial charge in [-0.2, -0.15) is 0 Å². The highest BCUT2D eigenvalue weighted by Crippen LogP contribution is 2.19. The lowest BCUT2D eigenvalue weighted by Gasteiger charge is -2.36. The van der Waals surface area contributed by atoms with Crippen LogP contribution in [-0.4, -0.2) is 47.5 Å². The molecule has 0 amide bonds. The molecule has 1 aliphatic heterocycles. The highest BCUT2D eigenvalue weighted by atomic mass is 35.5. The fourth-order valence-corrected chi connectivity index (χ4v) is 2.79. The summed E-state index contributed by atoms with van der Waals surface area (Å²) < 4.78 is 0. The zero-order valence-electron chi connectivity index (χ0n) is 11.3. The average Bonchev–Trinajstić information content (AvgIpc) is 2.41. The first-order chi connectivity index (χ1) is 8.70. The molecule has 0 radical (unpaired) electrons. The molecule has 0 saturated carbocycles. The summed E-state index contributed by atoms with van der Waals surface area (Å²) in [6, 6.07) is 4.69. The summed E-state index contributed by atoms with van der Waals surface area (Å²) in [5.74, 6) is 0. The number of hydrogen-bond acceptors (Lipinski definition) is 3. The topological polar surface area (TPSA) is 19.4 Å². The van der Waals surface area contributed by atoms with Gasteiger partial charge in [-0.25, -0.2) is 4.98 Å². The molecule has 4 heteroatoms. The van der Waals surface area contributed by atoms with Crippen LogP contribution in [0.1, 0.15) is 25.3 Å². The van der Waals surface area contributed by atoms with E-state index in [1.165, 1.54) is 32.5 Å². The first kappa shape index (κ1) is 13.8. The maximum Gasteiger partial charge on any atom is 0.133 e. The Kier molecular flexibility index (Phi) is 4.98. The van der Waals surface area contributed by atoms with E-state index < -0.39 is 0 Å². The van der Waals surface area contributed by atoms with Gasteiger partial charge in [-0.3, -0.25) is 4.90 Å². The van der Waals surface area contributed by atoms with Gasteiger partial charge in [0, 0.05) is 24.3 Å². The van der Waals surface area contributed by atoms with E-state index >= 15 is 0 Å². The Morgan fingerprint density at radius 3 is 2.78 bits per heavy atom. The molecule has 1 aromatic rings. The second-order valence-corrected chi connectivity index (χ2v) is 5.39. The standard InChI is InChI=1S/C14H22ClN3/c1-3-18-9-6-13(7-10-18)17(2)11-12-5-4-8-16-14(12)15/h4-5,8,13H,3,6-7,9-11H2,1-2H3. The molecule has 0 aliphatic carbocycles. The van der Waals surface area contributed by atoms with Crippen LogP contribution < -0.4 is 0 Å². The molecule has 2 heterocycles. The second kappa shape index (κ2) is 6.50. The van der Waals surface area contributed by atoms with Gasteiger partial charge in [-0.05, 0) is 45.6 Å². The molecule has 1 aliphatic rings. The van der Waals surface area contributed by atoms with Crippen LogP contribution in [0.25, 0.3) is 0 Å². The number of piperidine rings is 1. The minimum atomic E-state index is 0.635. The van der Waals surface area contributed by atoms with E-state index in [-0.39, 0.29) is 0 Å². The first-order valence-corrected chi connectivity index (χ1v) is 7.10. The van der Waals surface area contributed by atoms with Gasteiger partial charge in [-0.15, -0.1) is 0 Å². The number of likely N-dealkylation sites (tertiary alicyclic amines) is 1. The molecule has 1 aromatic heterocycles. The number of hydrogen-bond donors (Lipinski definition) is 0. The lowest BCUT2D eigenvalue weighted by atomic mass is 10.0. The normalized spacial score (nSPS) is 18.4. The van der Waals surface area contributed by atoms with Crippen LogP contribution in [0.15, 0.2) is 18.3 Å². The Hall–Kier alpha value is -0.640. The van der Waals surface area contributed by atoms with Gasteiger partial charge < -0.3 is 4.90 Å². The van der Waals surface area contributed by atoms with Crippen LogP contribution >= 0.6 is 11.6 Å². The number of halogens is 1. The summed E-state index contributed by atoms with van der Waals surface area (Å²) in [6.07, 6.45) is 4.25. The molecule has 0 spiro atoms. The van der Waals surface area contributed by atoms with Crippen LogP contribution in [0.5, 0.6) is 0 Å². The quantitative estimate of drug-likeness (QED) is 0.782. The van der Waals surface area contributed by atoms with Crippen LogP contribution in [0.3, 0.4) is 0 Å². The average molecular weight is 268 g/mol. The summed E-state index contributed by atoms with van der Waals surface area (Å²) in [5.41, 5.74) is 1.12. The van der Waals surface area contributed by atoms with Crippen molar-refractivity contribution in [2.24, 2.45) is 0 Å². The monoisotopic (exact) mass is 267 g/mol. The molecule has 2 rings (SSSR count). The van der Waals surface area contributed by atoms with Gasteiger partial charge in [0.05, 0.1) is 0 Å². The maximum absolute atomic E-state index is 6.11. The van der Waals surface area contributed by atoms with Crippen LogP contribution in [0.2, 0.25) is 5.15 Å². The summed E-state index contributed by atoms with van der Waals surface area (Å²) in [6.45, 7) is 6.73. The Morgan fingerprint density at radius 2 is 2.17 bits per heavy atom. The SMILES string of the molecule is CCN1CCC(N(C)Cc2cccnc2Cl)CC1. The maximum atomic E-state index is 6.11. The highest BCUT2D eigenvalue weighted by Gasteiger charge is 2.21. The van der Waals surface area contributed by atoms with Crippen molar-refractivity contribution < 1.29 is 0 Å². The molecule has 0 atom stereocenters. The van der Waals surface area contributed by atoms with E-state index in [1.807, 2.05) is 6.07 Å². The Morgan fingerprint density at radius 1 is 1.44 bits per heavy atom. The number of nitrogens with zero attached hydrogens (tertiary/aromatic N) is 3. The van der Waals surface area contributed by atoms with Crippen LogP contribution in [0, 0.1) is 0 Å². The van der Waals surface area contributed by atoms with Gasteiger partial charge in [0.15, 0.2) is 0 Å². The van der Waals surface area contributed by atoms with Crippen molar-refractivity contribution in [3.63, 3.8) is 0 Å². The Bertz CT molecular complexity index is 375.